The number of rotatable bonds is 34. The molecule has 23 nitrogen and oxygen atoms in total. The van der Waals surface area contributed by atoms with Crippen LogP contribution < -0.4 is 16.4 Å². The molecule has 480 valence electrons. The van der Waals surface area contributed by atoms with E-state index >= 15 is 9.59 Å². The van der Waals surface area contributed by atoms with Crippen molar-refractivity contribution < 1.29 is 66.6 Å². The molecule has 0 aliphatic carbocycles. The van der Waals surface area contributed by atoms with Gasteiger partial charge >= 0.3 is 0 Å². The normalized spacial score (nSPS) is 19.8. The van der Waals surface area contributed by atoms with Gasteiger partial charge in [0.25, 0.3) is 5.92 Å². The van der Waals surface area contributed by atoms with Gasteiger partial charge in [-0.3, -0.25) is 47.9 Å². The number of piperidine rings is 1. The number of unbranched alkanes of at least 4 members (excludes halogenated alkanes) is 1. The Bertz CT molecular complexity index is 2380. The van der Waals surface area contributed by atoms with Gasteiger partial charge in [0.05, 0.1) is 51.8 Å². The molecule has 0 aromatic rings. The molecule has 4 unspecified atom stereocenters. The molecule has 25 heteroatoms. The van der Waals surface area contributed by atoms with Gasteiger partial charge in [0.2, 0.25) is 59.1 Å². The number of carbonyl (C=O) groups excluding carboxylic acids is 10. The number of carbonyl (C=O) groups is 10. The van der Waals surface area contributed by atoms with Gasteiger partial charge < -0.3 is 65.4 Å². The fourth-order valence-electron chi connectivity index (χ4n) is 10.9. The minimum absolute atomic E-state index is 0.0163. The van der Waals surface area contributed by atoms with E-state index in [9.17, 15) is 52.2 Å². The number of primary amides is 1. The number of aliphatic hydroxyl groups excluding tert-OH is 1. The van der Waals surface area contributed by atoms with Gasteiger partial charge in [-0.1, -0.05) is 78.0 Å². The number of hydrogen-bond donors (Lipinski definition) is 4. The topological polar surface area (TPSA) is 276 Å². The number of nitrogens with two attached hydrogens (primary N) is 1. The van der Waals surface area contributed by atoms with Crippen molar-refractivity contribution in [3.05, 3.63) is 37.0 Å². The summed E-state index contributed by atoms with van der Waals surface area (Å²) in [6.45, 7) is 18.9. The second-order valence-electron chi connectivity index (χ2n) is 24.2. The molecule has 0 spiro atoms. The predicted molar refractivity (Wildman–Crippen MR) is 317 cm³/mol. The van der Waals surface area contributed by atoms with Crippen molar-refractivity contribution >= 4 is 59.1 Å². The first-order chi connectivity index (χ1) is 39.8. The van der Waals surface area contributed by atoms with Gasteiger partial charge in [0, 0.05) is 79.8 Å². The third kappa shape index (κ3) is 21.8. The minimum Gasteiger partial charge on any atom is -0.393 e. The Kier molecular flexibility index (Phi) is 29.3. The number of halogens is 2. The van der Waals surface area contributed by atoms with Crippen LogP contribution in [0, 0.1) is 11.8 Å². The molecule has 0 aromatic heterocycles. The lowest BCUT2D eigenvalue weighted by molar-refractivity contribution is -0.154. The van der Waals surface area contributed by atoms with E-state index in [-0.39, 0.29) is 57.1 Å². The first-order valence-corrected chi connectivity index (χ1v) is 29.9. The maximum absolute atomic E-state index is 15.3. The quantitative estimate of drug-likeness (QED) is 0.0675. The molecular formula is C60H99F2N11O12. The van der Waals surface area contributed by atoms with Crippen LogP contribution in [0.25, 0.3) is 0 Å². The number of amides is 10. The van der Waals surface area contributed by atoms with E-state index in [0.29, 0.717) is 44.3 Å². The predicted octanol–water partition coefficient (Wildman–Crippen LogP) is 2.31. The Balaban J connectivity index is 2.04. The fraction of sp³-hybridized carbons (Fsp3) is 0.733. The largest absolute Gasteiger partial charge is 0.393 e. The van der Waals surface area contributed by atoms with Crippen molar-refractivity contribution in [2.75, 3.05) is 87.7 Å². The number of hydrogen-bond acceptors (Lipinski definition) is 13. The van der Waals surface area contributed by atoms with E-state index in [2.05, 4.69) is 23.8 Å². The zero-order valence-corrected chi connectivity index (χ0v) is 52.5. The Morgan fingerprint density at radius 2 is 1.44 bits per heavy atom. The monoisotopic (exact) mass is 1200 g/mol. The molecule has 3 heterocycles. The maximum Gasteiger partial charge on any atom is 0.261 e. The summed E-state index contributed by atoms with van der Waals surface area (Å²) in [4.78, 5) is 152. The molecule has 3 fully saturated rings. The summed E-state index contributed by atoms with van der Waals surface area (Å²) in [6, 6.07) is -9.29. The zero-order valence-electron chi connectivity index (χ0n) is 52.5. The van der Waals surface area contributed by atoms with Gasteiger partial charge in [-0.15, -0.1) is 0 Å². The Hall–Kier alpha value is -6.34. The molecule has 3 rings (SSSR count). The lowest BCUT2D eigenvalue weighted by atomic mass is 9.99. The molecule has 0 radical (unpaired) electrons. The SMILES string of the molecule is C=C/C=C\C(=C)C[C@@H](C(=O)N(C)[C@H]1CC(C)N([C@@H](COCC2CC(F)(F)CN2)C(=O)N(C)[C@@H](CC(C)C)C(=O)NC(CC(=O)N(C)CC(=O)N(C)[C@@H](CC(C)C)C(N)=O)C(=O)N2CCCCC2)C1=O)N(C)C(=O)CN(CCCC)C(=O)CC(C)O. The van der Waals surface area contributed by atoms with Crippen LogP contribution in [0.5, 0.6) is 0 Å². The van der Waals surface area contributed by atoms with Crippen molar-refractivity contribution in [2.24, 2.45) is 17.6 Å². The van der Waals surface area contributed by atoms with Crippen LogP contribution in [0.3, 0.4) is 0 Å². The molecule has 3 saturated heterocycles. The number of allylic oxidation sites excluding steroid dienone is 3. The van der Waals surface area contributed by atoms with Crippen molar-refractivity contribution in [3.8, 4) is 0 Å². The summed E-state index contributed by atoms with van der Waals surface area (Å²) >= 11 is 0. The summed E-state index contributed by atoms with van der Waals surface area (Å²) < 4.78 is 34.7. The molecule has 9 atom stereocenters. The van der Waals surface area contributed by atoms with E-state index in [4.69, 9.17) is 10.5 Å². The van der Waals surface area contributed by atoms with Crippen LogP contribution >= 0.6 is 0 Å². The third-order valence-corrected chi connectivity index (χ3v) is 16.0. The minimum atomic E-state index is -3.01. The van der Waals surface area contributed by atoms with Crippen LogP contribution in [-0.2, 0) is 52.7 Å². The summed E-state index contributed by atoms with van der Waals surface area (Å²) in [5.41, 5.74) is 6.07. The van der Waals surface area contributed by atoms with Gasteiger partial charge in [-0.2, -0.15) is 0 Å². The molecule has 3 aliphatic rings. The Morgan fingerprint density at radius 3 is 1.99 bits per heavy atom. The van der Waals surface area contributed by atoms with Gasteiger partial charge in [-0.25, -0.2) is 8.78 Å². The van der Waals surface area contributed by atoms with Gasteiger partial charge in [0.1, 0.15) is 36.3 Å². The van der Waals surface area contributed by atoms with E-state index < -0.39 is 159 Å². The highest BCUT2D eigenvalue weighted by molar-refractivity contribution is 5.99. The third-order valence-electron chi connectivity index (χ3n) is 16.0. The van der Waals surface area contributed by atoms with Crippen LogP contribution in [-0.4, -0.2) is 251 Å². The Morgan fingerprint density at radius 1 is 0.835 bits per heavy atom. The second-order valence-corrected chi connectivity index (χ2v) is 24.2. The van der Waals surface area contributed by atoms with Crippen LogP contribution in [0.4, 0.5) is 8.78 Å². The van der Waals surface area contributed by atoms with Crippen LogP contribution in [0.1, 0.15) is 126 Å². The number of nitrogens with zero attached hydrogens (tertiary/aromatic N) is 8. The highest BCUT2D eigenvalue weighted by atomic mass is 19.3. The molecular weight excluding hydrogens is 1100 g/mol. The molecule has 3 aliphatic heterocycles. The molecule has 85 heavy (non-hydrogen) atoms. The first kappa shape index (κ1) is 72.9. The fourth-order valence-corrected chi connectivity index (χ4v) is 10.9. The van der Waals surface area contributed by atoms with Gasteiger partial charge in [0.15, 0.2) is 0 Å². The summed E-state index contributed by atoms with van der Waals surface area (Å²) in [5, 5.41) is 15.5. The average molecular weight is 1200 g/mol. The van der Waals surface area contributed by atoms with E-state index in [1.165, 1.54) is 72.7 Å². The standard InChI is InChI=1S/C60H99F2N11O12/c1-15-17-22-40(7)28-47(68(12)53(78)34-72(23-18-16-2)51(76)30-42(9)74)57(82)70(14)48-29-41(8)73(59(48)84)49(36-85-35-43-32-60(61,62)37-64-43)58(83)69(13)46(27-39(5)6)55(80)65-44(56(81)71-24-20-19-21-25-71)31-50(75)66(10)33-52(77)67(11)45(54(63)79)26-38(3)4/h15,17,22,38-39,41-49,64,74H,1,7,16,18-21,23-37H2,2-6,8-14H3,(H2,63,79)(H,65,80)/b22-17-/t41?,42?,43?,44?,45-,46-,47-,48-,49-/m0/s1. The molecule has 5 N–H and O–H groups in total. The molecule has 0 bridgehead atoms. The molecule has 0 saturated carbocycles. The second kappa shape index (κ2) is 34.1. The maximum atomic E-state index is 15.3. The lowest BCUT2D eigenvalue weighted by Gasteiger charge is -2.38. The number of ether oxygens (including phenoxy) is 1. The summed E-state index contributed by atoms with van der Waals surface area (Å²) in [7, 11) is 6.94. The van der Waals surface area contributed by atoms with E-state index in [1.54, 1.807) is 24.0 Å². The lowest BCUT2D eigenvalue weighted by Crippen LogP contribution is -2.60. The Labute approximate surface area is 502 Å². The van der Waals surface area contributed by atoms with Crippen molar-refractivity contribution in [2.45, 2.75) is 186 Å². The zero-order chi connectivity index (χ0) is 64.2. The van der Waals surface area contributed by atoms with Crippen molar-refractivity contribution in [1.82, 2.24) is 49.8 Å². The average Bonchev–Trinajstić information content (AvgIpc) is 2.76. The first-order valence-electron chi connectivity index (χ1n) is 29.9. The number of nitrogens with one attached hydrogen (secondary N) is 2. The van der Waals surface area contributed by atoms with Crippen molar-refractivity contribution in [3.63, 3.8) is 0 Å². The summed E-state index contributed by atoms with van der Waals surface area (Å²) in [6.07, 6.45) is 6.14. The van der Waals surface area contributed by atoms with Gasteiger partial charge in [-0.05, 0) is 70.6 Å². The van der Waals surface area contributed by atoms with Crippen LogP contribution in [0.15, 0.2) is 37.0 Å². The summed E-state index contributed by atoms with van der Waals surface area (Å²) in [5.74, 6) is -9.77. The highest BCUT2D eigenvalue weighted by Crippen LogP contribution is 2.30. The van der Waals surface area contributed by atoms with Crippen molar-refractivity contribution in [1.29, 1.82) is 0 Å². The smallest absolute Gasteiger partial charge is 0.261 e. The molecule has 0 aromatic carbocycles. The van der Waals surface area contributed by atoms with Crippen LogP contribution in [0.2, 0.25) is 0 Å². The number of likely N-dealkylation sites (N-methyl/N-ethyl adjacent to an activating group) is 5. The van der Waals surface area contributed by atoms with E-state index in [1.807, 2.05) is 34.6 Å². The highest BCUT2D eigenvalue weighted by Gasteiger charge is 2.49. The number of alkyl halides is 2. The van der Waals surface area contributed by atoms with E-state index in [0.717, 1.165) is 16.2 Å². The number of aliphatic hydroxyl groups is 1. The number of likely N-dealkylation sites (tertiary alicyclic amines) is 2. The molecule has 10 amide bonds.